The normalized spacial score (nSPS) is 10.4. The molecule has 0 saturated carbocycles. The Morgan fingerprint density at radius 3 is 2.58 bits per heavy atom. The first kappa shape index (κ1) is 13.5. The Labute approximate surface area is 113 Å². The first-order valence-electron chi connectivity index (χ1n) is 5.48. The Hall–Kier alpha value is -1.92. The van der Waals surface area contributed by atoms with Gasteiger partial charge < -0.3 is 5.11 Å². The molecule has 0 aliphatic rings. The maximum absolute atomic E-state index is 12.7. The summed E-state index contributed by atoms with van der Waals surface area (Å²) in [4.78, 5) is 15.3. The minimum atomic E-state index is -1.04. The van der Waals surface area contributed by atoms with Crippen molar-refractivity contribution < 1.29 is 14.3 Å². The number of halogens is 1. The number of hydrogen-bond donors (Lipinski definition) is 2. The van der Waals surface area contributed by atoms with E-state index in [-0.39, 0.29) is 11.5 Å². The molecule has 98 valence electrons. The van der Waals surface area contributed by atoms with Gasteiger partial charge >= 0.3 is 5.97 Å². The lowest BCUT2D eigenvalue weighted by Gasteiger charge is -2.04. The van der Waals surface area contributed by atoms with Crippen LogP contribution < -0.4 is 4.72 Å². The molecule has 0 fully saturated rings. The van der Waals surface area contributed by atoms with Crippen molar-refractivity contribution in [2.45, 2.75) is 11.4 Å². The van der Waals surface area contributed by atoms with Crippen LogP contribution in [-0.4, -0.2) is 16.1 Å². The number of nitrogens with one attached hydrogen (secondary N) is 1. The summed E-state index contributed by atoms with van der Waals surface area (Å²) in [5.41, 5.74) is 0.898. The summed E-state index contributed by atoms with van der Waals surface area (Å²) in [7, 11) is 0. The second-order valence-electron chi connectivity index (χ2n) is 3.73. The van der Waals surface area contributed by atoms with Crippen molar-refractivity contribution in [3.8, 4) is 0 Å². The minimum absolute atomic E-state index is 0.0231. The van der Waals surface area contributed by atoms with E-state index in [1.165, 1.54) is 36.3 Å². The van der Waals surface area contributed by atoms with Gasteiger partial charge in [0.1, 0.15) is 11.5 Å². The van der Waals surface area contributed by atoms with E-state index in [1.807, 2.05) is 0 Å². The molecule has 0 aliphatic carbocycles. The Morgan fingerprint density at radius 1 is 1.26 bits per heavy atom. The third-order valence-electron chi connectivity index (χ3n) is 2.32. The molecule has 0 unspecified atom stereocenters. The Balaban J connectivity index is 1.85. The molecule has 4 nitrogen and oxygen atoms in total. The van der Waals surface area contributed by atoms with Crippen molar-refractivity contribution in [1.29, 1.82) is 0 Å². The van der Waals surface area contributed by atoms with Crippen LogP contribution in [0.15, 0.2) is 47.5 Å². The first-order chi connectivity index (χ1) is 9.15. The van der Waals surface area contributed by atoms with E-state index in [1.54, 1.807) is 18.2 Å². The fraction of sp³-hybridized carbons (Fsp3) is 0.0769. The fourth-order valence-electron chi connectivity index (χ4n) is 1.36. The van der Waals surface area contributed by atoms with Crippen molar-refractivity contribution in [1.82, 2.24) is 9.71 Å². The lowest BCUT2D eigenvalue weighted by molar-refractivity contribution is 0.0690. The van der Waals surface area contributed by atoms with Crippen LogP contribution >= 0.6 is 11.9 Å². The first-order valence-corrected chi connectivity index (χ1v) is 6.30. The van der Waals surface area contributed by atoms with E-state index >= 15 is 0 Å². The van der Waals surface area contributed by atoms with E-state index in [2.05, 4.69) is 9.71 Å². The quantitative estimate of drug-likeness (QED) is 0.823. The van der Waals surface area contributed by atoms with E-state index in [9.17, 15) is 9.18 Å². The monoisotopic (exact) mass is 278 g/mol. The summed E-state index contributed by atoms with van der Waals surface area (Å²) in [6, 6.07) is 9.31. The van der Waals surface area contributed by atoms with Gasteiger partial charge in [-0.05, 0) is 47.8 Å². The van der Waals surface area contributed by atoms with E-state index < -0.39 is 5.97 Å². The van der Waals surface area contributed by atoms with Gasteiger partial charge in [-0.2, -0.15) is 0 Å². The molecule has 0 spiro atoms. The zero-order valence-corrected chi connectivity index (χ0v) is 10.7. The summed E-state index contributed by atoms with van der Waals surface area (Å²) in [5, 5.41) is 8.71. The third-order valence-corrected chi connectivity index (χ3v) is 3.12. The van der Waals surface area contributed by atoms with E-state index in [0.29, 0.717) is 6.54 Å². The molecule has 2 aromatic rings. The number of carbonyl (C=O) groups is 1. The van der Waals surface area contributed by atoms with Crippen molar-refractivity contribution in [3.63, 3.8) is 0 Å². The maximum Gasteiger partial charge on any atom is 0.354 e. The number of rotatable bonds is 5. The average molecular weight is 278 g/mol. The van der Waals surface area contributed by atoms with Crippen molar-refractivity contribution >= 4 is 17.9 Å². The van der Waals surface area contributed by atoms with Crippen LogP contribution in [0, 0.1) is 5.82 Å². The van der Waals surface area contributed by atoms with Gasteiger partial charge in [-0.1, -0.05) is 6.07 Å². The van der Waals surface area contributed by atoms with Gasteiger partial charge in [0.25, 0.3) is 0 Å². The predicted molar refractivity (Wildman–Crippen MR) is 70.3 cm³/mol. The standard InChI is InChI=1S/C13H11FN2O2S/c14-10-2-4-11(5-3-10)19-16-8-9-1-6-12(13(17)18)15-7-9/h1-7,16H,8H2,(H,17,18). The Kier molecular flexibility index (Phi) is 4.48. The van der Waals surface area contributed by atoms with Crippen molar-refractivity contribution in [3.05, 3.63) is 59.7 Å². The average Bonchev–Trinajstić information content (AvgIpc) is 2.41. The molecule has 0 bridgehead atoms. The van der Waals surface area contributed by atoms with Crippen LogP contribution in [0.5, 0.6) is 0 Å². The molecule has 0 radical (unpaired) electrons. The molecular formula is C13H11FN2O2S. The second-order valence-corrected chi connectivity index (χ2v) is 4.70. The molecule has 2 N–H and O–H groups in total. The Morgan fingerprint density at radius 2 is 2.00 bits per heavy atom. The van der Waals surface area contributed by atoms with Gasteiger partial charge in [0.15, 0.2) is 0 Å². The lowest BCUT2D eigenvalue weighted by atomic mass is 10.2. The summed E-state index contributed by atoms with van der Waals surface area (Å²) in [6.45, 7) is 0.537. The highest BCUT2D eigenvalue weighted by Crippen LogP contribution is 2.15. The molecule has 0 atom stereocenters. The van der Waals surface area contributed by atoms with Gasteiger partial charge in [0.05, 0.1) is 0 Å². The Bertz CT molecular complexity index is 558. The molecule has 0 amide bonds. The fourth-order valence-corrected chi connectivity index (χ4v) is 2.04. The predicted octanol–water partition coefficient (Wildman–Crippen LogP) is 2.72. The highest BCUT2D eigenvalue weighted by Gasteiger charge is 2.03. The molecule has 0 saturated heterocycles. The van der Waals surface area contributed by atoms with Gasteiger partial charge in [-0.3, -0.25) is 4.72 Å². The van der Waals surface area contributed by atoms with Crippen LogP contribution in [0.4, 0.5) is 4.39 Å². The SMILES string of the molecule is O=C(O)c1ccc(CNSc2ccc(F)cc2)cn1. The number of carboxylic acid groups (broad SMARTS) is 1. The zero-order chi connectivity index (χ0) is 13.7. The molecule has 19 heavy (non-hydrogen) atoms. The number of aromatic nitrogens is 1. The highest BCUT2D eigenvalue weighted by atomic mass is 32.2. The van der Waals surface area contributed by atoms with Gasteiger partial charge in [-0.25, -0.2) is 14.2 Å². The molecule has 1 heterocycles. The molecule has 1 aromatic carbocycles. The number of aromatic carboxylic acids is 1. The van der Waals surface area contributed by atoms with E-state index in [0.717, 1.165) is 10.5 Å². The van der Waals surface area contributed by atoms with Gasteiger partial charge in [0.2, 0.25) is 0 Å². The zero-order valence-electron chi connectivity index (χ0n) is 9.84. The molecular weight excluding hydrogens is 267 g/mol. The van der Waals surface area contributed by atoms with Crippen LogP contribution in [0.25, 0.3) is 0 Å². The van der Waals surface area contributed by atoms with Crippen LogP contribution in [0.1, 0.15) is 16.1 Å². The maximum atomic E-state index is 12.7. The molecule has 6 heteroatoms. The van der Waals surface area contributed by atoms with Crippen LogP contribution in [0.3, 0.4) is 0 Å². The lowest BCUT2D eigenvalue weighted by Crippen LogP contribution is -2.05. The second kappa shape index (κ2) is 6.31. The topological polar surface area (TPSA) is 62.2 Å². The van der Waals surface area contributed by atoms with Crippen molar-refractivity contribution in [2.75, 3.05) is 0 Å². The summed E-state index contributed by atoms with van der Waals surface area (Å²) in [6.07, 6.45) is 1.52. The number of pyridine rings is 1. The van der Waals surface area contributed by atoms with Gasteiger partial charge in [0, 0.05) is 17.6 Å². The summed E-state index contributed by atoms with van der Waals surface area (Å²) < 4.78 is 15.8. The van der Waals surface area contributed by atoms with Gasteiger partial charge in [-0.15, -0.1) is 0 Å². The molecule has 0 aliphatic heterocycles. The largest absolute Gasteiger partial charge is 0.477 e. The minimum Gasteiger partial charge on any atom is -0.477 e. The highest BCUT2D eigenvalue weighted by molar-refractivity contribution is 7.97. The summed E-state index contributed by atoms with van der Waals surface area (Å²) >= 11 is 1.37. The number of carboxylic acids is 1. The van der Waals surface area contributed by atoms with Crippen molar-refractivity contribution in [2.24, 2.45) is 0 Å². The number of benzene rings is 1. The number of nitrogens with zero attached hydrogens (tertiary/aromatic N) is 1. The smallest absolute Gasteiger partial charge is 0.354 e. The van der Waals surface area contributed by atoms with Crippen LogP contribution in [0.2, 0.25) is 0 Å². The number of hydrogen-bond acceptors (Lipinski definition) is 4. The third kappa shape index (κ3) is 4.04. The molecule has 1 aromatic heterocycles. The molecule has 2 rings (SSSR count). The summed E-state index contributed by atoms with van der Waals surface area (Å²) in [5.74, 6) is -1.31. The van der Waals surface area contributed by atoms with E-state index in [4.69, 9.17) is 5.11 Å². The van der Waals surface area contributed by atoms with Crippen LogP contribution in [-0.2, 0) is 6.54 Å².